The van der Waals surface area contributed by atoms with Gasteiger partial charge in [0.25, 0.3) is 0 Å². The quantitative estimate of drug-likeness (QED) is 0.483. The van der Waals surface area contributed by atoms with Crippen molar-refractivity contribution >= 4 is 38.3 Å². The second kappa shape index (κ2) is 6.24. The fourth-order valence-electron chi connectivity index (χ4n) is 2.88. The molecule has 0 atom stereocenters. The first kappa shape index (κ1) is 15.0. The minimum absolute atomic E-state index is 0.548. The molecule has 5 aromatic rings. The largest absolute Gasteiger partial charge is 0.457 e. The van der Waals surface area contributed by atoms with E-state index in [-0.39, 0.29) is 0 Å². The topological polar surface area (TPSA) is 63.8 Å². The Morgan fingerprint density at radius 2 is 1.73 bits per heavy atom. The molecule has 1 N–H and O–H groups in total. The first-order chi connectivity index (χ1) is 12.9. The molecule has 3 aromatic heterocycles. The van der Waals surface area contributed by atoms with E-state index in [0.717, 1.165) is 43.5 Å². The van der Waals surface area contributed by atoms with E-state index in [1.807, 2.05) is 54.6 Å². The Morgan fingerprint density at radius 3 is 2.65 bits per heavy atom. The van der Waals surface area contributed by atoms with Gasteiger partial charge < -0.3 is 9.73 Å². The van der Waals surface area contributed by atoms with Gasteiger partial charge in [0.05, 0.1) is 22.3 Å². The Kier molecular flexibility index (Phi) is 3.61. The molecule has 0 bridgehead atoms. The van der Waals surface area contributed by atoms with Crippen LogP contribution in [0.5, 0.6) is 0 Å². The van der Waals surface area contributed by atoms with Crippen molar-refractivity contribution in [3.63, 3.8) is 0 Å². The van der Waals surface area contributed by atoms with E-state index in [9.17, 15) is 0 Å². The summed E-state index contributed by atoms with van der Waals surface area (Å²) in [4.78, 5) is 13.3. The van der Waals surface area contributed by atoms with Crippen LogP contribution >= 0.6 is 11.3 Å². The predicted molar refractivity (Wildman–Crippen MR) is 104 cm³/mol. The molecule has 0 saturated carbocycles. The van der Waals surface area contributed by atoms with Gasteiger partial charge >= 0.3 is 0 Å². The number of hydrogen-bond acceptors (Lipinski definition) is 6. The number of nitrogens with one attached hydrogen (secondary N) is 1. The Labute approximate surface area is 153 Å². The van der Waals surface area contributed by atoms with Crippen LogP contribution in [0.4, 0.5) is 5.82 Å². The fraction of sp³-hybridized carbons (Fsp3) is 0.0500. The Balaban J connectivity index is 1.38. The van der Waals surface area contributed by atoms with E-state index in [1.54, 1.807) is 17.7 Å². The van der Waals surface area contributed by atoms with Gasteiger partial charge in [0, 0.05) is 5.39 Å². The molecule has 0 fully saturated rings. The minimum Gasteiger partial charge on any atom is -0.457 e. The van der Waals surface area contributed by atoms with Gasteiger partial charge in [0.1, 0.15) is 17.9 Å². The number of benzene rings is 2. The van der Waals surface area contributed by atoms with Gasteiger partial charge in [0.2, 0.25) is 0 Å². The summed E-state index contributed by atoms with van der Waals surface area (Å²) < 4.78 is 7.13. The average molecular weight is 358 g/mol. The predicted octanol–water partition coefficient (Wildman–Crippen LogP) is 5.11. The van der Waals surface area contributed by atoms with E-state index < -0.39 is 0 Å². The highest BCUT2D eigenvalue weighted by Crippen LogP contribution is 2.31. The highest BCUT2D eigenvalue weighted by Gasteiger charge is 2.11. The normalized spacial score (nSPS) is 11.2. The van der Waals surface area contributed by atoms with Gasteiger partial charge in [-0.25, -0.2) is 15.0 Å². The number of nitrogens with zero attached hydrogens (tertiary/aromatic N) is 3. The van der Waals surface area contributed by atoms with Crippen molar-refractivity contribution in [1.29, 1.82) is 0 Å². The van der Waals surface area contributed by atoms with E-state index in [1.165, 1.54) is 0 Å². The number of rotatable bonds is 4. The molecule has 0 aliphatic carbocycles. The molecule has 26 heavy (non-hydrogen) atoms. The molecular formula is C20H14N4OS. The molecular weight excluding hydrogens is 344 g/mol. The van der Waals surface area contributed by atoms with Crippen molar-refractivity contribution < 1.29 is 4.42 Å². The molecule has 2 aromatic carbocycles. The Bertz CT molecular complexity index is 1170. The molecule has 5 rings (SSSR count). The van der Waals surface area contributed by atoms with Crippen LogP contribution in [0.3, 0.4) is 0 Å². The smallest absolute Gasteiger partial charge is 0.163 e. The summed E-state index contributed by atoms with van der Waals surface area (Å²) in [6, 6.07) is 20.0. The zero-order chi connectivity index (χ0) is 17.3. The number of fused-ring (bicyclic) bond motifs is 2. The summed E-state index contributed by atoms with van der Waals surface area (Å²) >= 11 is 1.63. The zero-order valence-electron chi connectivity index (χ0n) is 13.7. The maximum absolute atomic E-state index is 5.98. The maximum Gasteiger partial charge on any atom is 0.163 e. The van der Waals surface area contributed by atoms with Gasteiger partial charge in [-0.15, -0.1) is 11.3 Å². The van der Waals surface area contributed by atoms with Gasteiger partial charge in [-0.05, 0) is 36.4 Å². The van der Waals surface area contributed by atoms with Crippen LogP contribution in [-0.2, 0) is 6.54 Å². The van der Waals surface area contributed by atoms with Crippen LogP contribution in [-0.4, -0.2) is 15.0 Å². The Hall–Kier alpha value is -3.25. The van der Waals surface area contributed by atoms with E-state index in [0.29, 0.717) is 6.54 Å². The molecule has 0 aliphatic rings. The van der Waals surface area contributed by atoms with Gasteiger partial charge in [-0.1, -0.05) is 24.3 Å². The van der Waals surface area contributed by atoms with Crippen molar-refractivity contribution in [3.8, 4) is 10.8 Å². The highest BCUT2D eigenvalue weighted by atomic mass is 32.1. The summed E-state index contributed by atoms with van der Waals surface area (Å²) in [5.41, 5.74) is 1.91. The van der Waals surface area contributed by atoms with Crippen LogP contribution in [0.15, 0.2) is 71.4 Å². The average Bonchev–Trinajstić information content (AvgIpc) is 3.33. The number of anilines is 1. The second-order valence-electron chi connectivity index (χ2n) is 5.85. The first-order valence-electron chi connectivity index (χ1n) is 8.25. The molecule has 0 amide bonds. The van der Waals surface area contributed by atoms with E-state index in [4.69, 9.17) is 4.42 Å². The number of aromatic nitrogens is 3. The molecule has 6 heteroatoms. The van der Waals surface area contributed by atoms with Crippen molar-refractivity contribution in [2.24, 2.45) is 0 Å². The monoisotopic (exact) mass is 358 g/mol. The van der Waals surface area contributed by atoms with Crippen LogP contribution in [0.25, 0.3) is 31.9 Å². The lowest BCUT2D eigenvalue weighted by Crippen LogP contribution is -2.01. The highest BCUT2D eigenvalue weighted by molar-refractivity contribution is 7.21. The number of hydrogen-bond donors (Lipinski definition) is 1. The lowest BCUT2D eigenvalue weighted by Gasteiger charge is -2.06. The maximum atomic E-state index is 5.98. The molecule has 5 nitrogen and oxygen atoms in total. The van der Waals surface area contributed by atoms with E-state index in [2.05, 4.69) is 26.3 Å². The molecule has 0 saturated heterocycles. The SMILES string of the molecule is c1ccc2sc(-c3ccc(CNc4ncnc5ccccc45)o3)nc2c1. The molecule has 0 aliphatic heterocycles. The Morgan fingerprint density at radius 1 is 0.885 bits per heavy atom. The number of para-hydroxylation sites is 2. The molecule has 3 heterocycles. The number of furan rings is 1. The van der Waals surface area contributed by atoms with Crippen molar-refractivity contribution in [2.75, 3.05) is 5.32 Å². The number of thiazole rings is 1. The van der Waals surface area contributed by atoms with Crippen molar-refractivity contribution in [3.05, 3.63) is 72.8 Å². The van der Waals surface area contributed by atoms with Gasteiger partial charge in [-0.2, -0.15) is 0 Å². The summed E-state index contributed by atoms with van der Waals surface area (Å²) in [6.45, 7) is 0.548. The van der Waals surface area contributed by atoms with Crippen LogP contribution in [0.2, 0.25) is 0 Å². The lowest BCUT2D eigenvalue weighted by atomic mass is 10.2. The molecule has 0 unspecified atom stereocenters. The minimum atomic E-state index is 0.548. The van der Waals surface area contributed by atoms with Gasteiger partial charge in [0.15, 0.2) is 10.8 Å². The summed E-state index contributed by atoms with van der Waals surface area (Å²) in [5.74, 6) is 2.42. The summed E-state index contributed by atoms with van der Waals surface area (Å²) in [5, 5.41) is 5.22. The lowest BCUT2D eigenvalue weighted by molar-refractivity contribution is 0.531. The third-order valence-electron chi connectivity index (χ3n) is 4.14. The van der Waals surface area contributed by atoms with Crippen molar-refractivity contribution in [1.82, 2.24) is 15.0 Å². The summed E-state index contributed by atoms with van der Waals surface area (Å²) in [6.07, 6.45) is 1.57. The molecule has 0 spiro atoms. The standard InChI is InChI=1S/C20H14N4OS/c1-2-6-15-14(5-1)19(23-12-22-15)21-11-13-9-10-17(25-13)20-24-16-7-3-4-8-18(16)26-20/h1-10,12H,11H2,(H,21,22,23). The fourth-order valence-corrected chi connectivity index (χ4v) is 3.81. The first-order valence-corrected chi connectivity index (χ1v) is 9.07. The third-order valence-corrected chi connectivity index (χ3v) is 5.19. The van der Waals surface area contributed by atoms with Crippen LogP contribution in [0, 0.1) is 0 Å². The van der Waals surface area contributed by atoms with Crippen molar-refractivity contribution in [2.45, 2.75) is 6.54 Å². The van der Waals surface area contributed by atoms with Gasteiger partial charge in [-0.3, -0.25) is 0 Å². The molecule has 0 radical (unpaired) electrons. The van der Waals surface area contributed by atoms with Crippen LogP contribution in [0.1, 0.15) is 5.76 Å². The zero-order valence-corrected chi connectivity index (χ0v) is 14.5. The summed E-state index contributed by atoms with van der Waals surface area (Å²) in [7, 11) is 0. The third kappa shape index (κ3) is 2.70. The second-order valence-corrected chi connectivity index (χ2v) is 6.88. The van der Waals surface area contributed by atoms with E-state index >= 15 is 0 Å². The van der Waals surface area contributed by atoms with Crippen LogP contribution < -0.4 is 5.32 Å². The molecule has 126 valence electrons.